The highest BCUT2D eigenvalue weighted by Gasteiger charge is 2.11. The van der Waals surface area contributed by atoms with Gasteiger partial charge in [0, 0.05) is 23.9 Å². The van der Waals surface area contributed by atoms with Gasteiger partial charge in [-0.25, -0.2) is 0 Å². The third-order valence-electron chi connectivity index (χ3n) is 2.20. The van der Waals surface area contributed by atoms with Crippen LogP contribution in [0.3, 0.4) is 0 Å². The van der Waals surface area contributed by atoms with E-state index in [1.807, 2.05) is 0 Å². The lowest BCUT2D eigenvalue weighted by atomic mass is 10.2. The first-order chi connectivity index (χ1) is 8.56. The molecule has 0 atom stereocenters. The zero-order chi connectivity index (χ0) is 13.1. The molecular weight excluding hydrogens is 238 g/mol. The number of hydrogen-bond donors (Lipinski definition) is 1. The van der Waals surface area contributed by atoms with Crippen molar-refractivity contribution in [3.05, 3.63) is 51.9 Å². The second-order valence-electron chi connectivity index (χ2n) is 3.58. The Morgan fingerprint density at radius 2 is 2.06 bits per heavy atom. The molecule has 1 aromatic carbocycles. The number of carbonyl (C=O) groups excluding carboxylic acids is 1. The van der Waals surface area contributed by atoms with Crippen LogP contribution >= 0.6 is 0 Å². The normalized spacial score (nSPS) is 10.1. The molecule has 18 heavy (non-hydrogen) atoms. The van der Waals surface area contributed by atoms with Crippen molar-refractivity contribution in [2.24, 2.45) is 0 Å². The lowest BCUT2D eigenvalue weighted by molar-refractivity contribution is -0.384. The quantitative estimate of drug-likeness (QED) is 0.661. The number of nitrogens with one attached hydrogen (secondary N) is 1. The van der Waals surface area contributed by atoms with Crippen molar-refractivity contribution in [3.63, 3.8) is 0 Å². The minimum atomic E-state index is -0.507. The monoisotopic (exact) mass is 247 g/mol. The summed E-state index contributed by atoms with van der Waals surface area (Å²) in [5, 5.41) is 16.6. The van der Waals surface area contributed by atoms with Gasteiger partial charge in [-0.1, -0.05) is 5.16 Å². The molecule has 2 aromatic rings. The Kier molecular flexibility index (Phi) is 3.05. The van der Waals surface area contributed by atoms with Crippen molar-refractivity contribution in [2.45, 2.75) is 6.92 Å². The van der Waals surface area contributed by atoms with E-state index < -0.39 is 10.8 Å². The van der Waals surface area contributed by atoms with Gasteiger partial charge in [0.25, 0.3) is 11.6 Å². The molecule has 0 aliphatic carbocycles. The van der Waals surface area contributed by atoms with Gasteiger partial charge >= 0.3 is 0 Å². The lowest BCUT2D eigenvalue weighted by Gasteiger charge is -2.01. The summed E-state index contributed by atoms with van der Waals surface area (Å²) < 4.78 is 4.77. The van der Waals surface area contributed by atoms with Gasteiger partial charge in [0.05, 0.1) is 4.92 Å². The van der Waals surface area contributed by atoms with Gasteiger partial charge in [0.2, 0.25) is 0 Å². The van der Waals surface area contributed by atoms with Crippen LogP contribution in [0.5, 0.6) is 0 Å². The number of aryl methyl sites for hydroxylation is 1. The van der Waals surface area contributed by atoms with Crippen molar-refractivity contribution in [1.82, 2.24) is 5.16 Å². The summed E-state index contributed by atoms with van der Waals surface area (Å²) in [6.45, 7) is 1.68. The molecule has 1 amide bonds. The Labute approximate surface area is 102 Å². The van der Waals surface area contributed by atoms with Crippen molar-refractivity contribution in [2.75, 3.05) is 5.32 Å². The predicted octanol–water partition coefficient (Wildman–Crippen LogP) is 2.14. The van der Waals surface area contributed by atoms with E-state index in [1.165, 1.54) is 30.3 Å². The van der Waals surface area contributed by atoms with E-state index in [9.17, 15) is 14.9 Å². The topological polar surface area (TPSA) is 98.3 Å². The van der Waals surface area contributed by atoms with Gasteiger partial charge in [-0.15, -0.1) is 0 Å². The first kappa shape index (κ1) is 11.8. The number of anilines is 1. The minimum Gasteiger partial charge on any atom is -0.361 e. The minimum absolute atomic E-state index is 0.0368. The van der Waals surface area contributed by atoms with Crippen LogP contribution < -0.4 is 5.32 Å². The van der Waals surface area contributed by atoms with Crippen molar-refractivity contribution < 1.29 is 14.2 Å². The number of amides is 1. The van der Waals surface area contributed by atoms with Crippen molar-refractivity contribution >= 4 is 17.3 Å². The van der Waals surface area contributed by atoms with Crippen LogP contribution in [0.25, 0.3) is 0 Å². The Bertz CT molecular complexity index is 589. The van der Waals surface area contributed by atoms with Gasteiger partial charge in [0.15, 0.2) is 5.69 Å². The second kappa shape index (κ2) is 4.66. The zero-order valence-corrected chi connectivity index (χ0v) is 9.41. The van der Waals surface area contributed by atoms with Crippen LogP contribution in [-0.2, 0) is 0 Å². The number of hydrogen-bond acceptors (Lipinski definition) is 5. The highest BCUT2D eigenvalue weighted by molar-refractivity contribution is 6.02. The molecule has 1 N–H and O–H groups in total. The molecule has 7 nitrogen and oxygen atoms in total. The average Bonchev–Trinajstić information content (AvgIpc) is 2.76. The molecule has 0 fully saturated rings. The highest BCUT2D eigenvalue weighted by Crippen LogP contribution is 2.16. The first-order valence-electron chi connectivity index (χ1n) is 5.05. The number of rotatable bonds is 3. The standard InChI is InChI=1S/C11H9N3O4/c1-7-6-10(13-18-7)11(15)12-8-2-4-9(5-3-8)14(16)17/h2-6H,1H3,(H,12,15). The molecule has 0 bridgehead atoms. The van der Waals surface area contributed by atoms with E-state index in [0.29, 0.717) is 11.4 Å². The van der Waals surface area contributed by atoms with E-state index >= 15 is 0 Å². The number of nitro benzene ring substituents is 1. The molecule has 0 aliphatic rings. The molecule has 0 saturated carbocycles. The van der Waals surface area contributed by atoms with E-state index in [1.54, 1.807) is 6.92 Å². The zero-order valence-electron chi connectivity index (χ0n) is 9.41. The summed E-state index contributed by atoms with van der Waals surface area (Å²) in [4.78, 5) is 21.6. The SMILES string of the molecule is Cc1cc(C(=O)Nc2ccc([N+](=O)[O-])cc2)no1. The molecule has 0 radical (unpaired) electrons. The fourth-order valence-corrected chi connectivity index (χ4v) is 1.34. The van der Waals surface area contributed by atoms with Crippen LogP contribution in [0.1, 0.15) is 16.2 Å². The van der Waals surface area contributed by atoms with Gasteiger partial charge in [-0.3, -0.25) is 14.9 Å². The molecule has 0 saturated heterocycles. The van der Waals surface area contributed by atoms with Crippen LogP contribution in [0.15, 0.2) is 34.9 Å². The van der Waals surface area contributed by atoms with E-state index in [4.69, 9.17) is 4.52 Å². The van der Waals surface area contributed by atoms with Gasteiger partial charge in [0.1, 0.15) is 5.76 Å². The Morgan fingerprint density at radius 1 is 1.39 bits per heavy atom. The maximum absolute atomic E-state index is 11.7. The predicted molar refractivity (Wildman–Crippen MR) is 62.3 cm³/mol. The third kappa shape index (κ3) is 2.51. The third-order valence-corrected chi connectivity index (χ3v) is 2.20. The van der Waals surface area contributed by atoms with Gasteiger partial charge < -0.3 is 9.84 Å². The summed E-state index contributed by atoms with van der Waals surface area (Å²) in [6.07, 6.45) is 0. The Morgan fingerprint density at radius 3 is 2.56 bits per heavy atom. The van der Waals surface area contributed by atoms with E-state index in [2.05, 4.69) is 10.5 Å². The Balaban J connectivity index is 2.10. The number of carbonyl (C=O) groups is 1. The fraction of sp³-hybridized carbons (Fsp3) is 0.0909. The molecule has 2 rings (SSSR count). The van der Waals surface area contributed by atoms with Crippen LogP contribution in [0.4, 0.5) is 11.4 Å². The maximum Gasteiger partial charge on any atom is 0.277 e. The summed E-state index contributed by atoms with van der Waals surface area (Å²) in [5.41, 5.74) is 0.572. The summed E-state index contributed by atoms with van der Waals surface area (Å²) in [6, 6.07) is 7.01. The molecule has 92 valence electrons. The molecule has 0 aliphatic heterocycles. The Hall–Kier alpha value is -2.70. The fourth-order valence-electron chi connectivity index (χ4n) is 1.34. The van der Waals surface area contributed by atoms with Crippen LogP contribution in [-0.4, -0.2) is 16.0 Å². The number of aromatic nitrogens is 1. The maximum atomic E-state index is 11.7. The second-order valence-corrected chi connectivity index (χ2v) is 3.58. The average molecular weight is 247 g/mol. The summed E-state index contributed by atoms with van der Waals surface area (Å²) in [7, 11) is 0. The number of nitrogens with zero attached hydrogens (tertiary/aromatic N) is 2. The summed E-state index contributed by atoms with van der Waals surface area (Å²) in [5.74, 6) is 0.101. The molecule has 7 heteroatoms. The van der Waals surface area contributed by atoms with E-state index in [-0.39, 0.29) is 11.4 Å². The van der Waals surface area contributed by atoms with E-state index in [0.717, 1.165) is 0 Å². The molecule has 0 unspecified atom stereocenters. The van der Waals surface area contributed by atoms with Crippen LogP contribution in [0.2, 0.25) is 0 Å². The lowest BCUT2D eigenvalue weighted by Crippen LogP contribution is -2.12. The molecule has 1 aromatic heterocycles. The first-order valence-corrected chi connectivity index (χ1v) is 5.05. The number of benzene rings is 1. The largest absolute Gasteiger partial charge is 0.361 e. The summed E-state index contributed by atoms with van der Waals surface area (Å²) >= 11 is 0. The smallest absolute Gasteiger partial charge is 0.277 e. The highest BCUT2D eigenvalue weighted by atomic mass is 16.6. The van der Waals surface area contributed by atoms with Crippen molar-refractivity contribution in [1.29, 1.82) is 0 Å². The number of non-ortho nitro benzene ring substituents is 1. The number of nitro groups is 1. The molecule has 1 heterocycles. The molecular formula is C11H9N3O4. The van der Waals surface area contributed by atoms with Gasteiger partial charge in [-0.2, -0.15) is 0 Å². The van der Waals surface area contributed by atoms with Gasteiger partial charge in [-0.05, 0) is 19.1 Å². The molecule has 0 spiro atoms. The van der Waals surface area contributed by atoms with Crippen molar-refractivity contribution in [3.8, 4) is 0 Å². The van der Waals surface area contributed by atoms with Crippen LogP contribution in [0, 0.1) is 17.0 Å².